The van der Waals surface area contributed by atoms with Crippen molar-refractivity contribution in [2.45, 2.75) is 39.0 Å². The highest BCUT2D eigenvalue weighted by atomic mass is 19.1. The third-order valence-corrected chi connectivity index (χ3v) is 4.30. The smallest absolute Gasteiger partial charge is 0.309 e. The van der Waals surface area contributed by atoms with E-state index in [1.165, 1.54) is 6.07 Å². The Hall–Kier alpha value is -1.98. The Morgan fingerprint density at radius 3 is 2.81 bits per heavy atom. The lowest BCUT2D eigenvalue weighted by Crippen LogP contribution is -2.38. The minimum absolute atomic E-state index is 0.210. The van der Waals surface area contributed by atoms with Gasteiger partial charge in [0.25, 0.3) is 0 Å². The Kier molecular flexibility index (Phi) is 4.25. The topological polar surface area (TPSA) is 80.4 Å². The maximum atomic E-state index is 13.7. The molecule has 0 radical (unpaired) electrons. The van der Waals surface area contributed by atoms with Gasteiger partial charge in [-0.2, -0.15) is 4.39 Å². The number of carboxylic acid groups (broad SMARTS) is 1. The van der Waals surface area contributed by atoms with Crippen LogP contribution in [0, 0.1) is 27.3 Å². The van der Waals surface area contributed by atoms with Crippen molar-refractivity contribution in [1.82, 2.24) is 0 Å². The maximum absolute atomic E-state index is 13.7. The lowest BCUT2D eigenvalue weighted by atomic mass is 9.67. The summed E-state index contributed by atoms with van der Waals surface area (Å²) in [6.45, 7) is 2.02. The average molecular weight is 295 g/mol. The summed E-state index contributed by atoms with van der Waals surface area (Å²) in [5, 5.41) is 20.2. The summed E-state index contributed by atoms with van der Waals surface area (Å²) in [6.07, 6.45) is 3.17. The molecule has 1 aromatic carbocycles. The van der Waals surface area contributed by atoms with Gasteiger partial charge in [0.2, 0.25) is 5.82 Å². The van der Waals surface area contributed by atoms with E-state index >= 15 is 0 Å². The molecule has 114 valence electrons. The number of nitrogens with zero attached hydrogens (tertiary/aromatic N) is 1. The molecule has 5 nitrogen and oxygen atoms in total. The third kappa shape index (κ3) is 3.20. The van der Waals surface area contributed by atoms with Gasteiger partial charge in [-0.15, -0.1) is 0 Å². The molecule has 6 heteroatoms. The van der Waals surface area contributed by atoms with E-state index in [0.717, 1.165) is 25.0 Å². The van der Waals surface area contributed by atoms with Crippen molar-refractivity contribution < 1.29 is 19.2 Å². The molecule has 1 aromatic rings. The number of hydrogen-bond donors (Lipinski definition) is 1. The molecule has 21 heavy (non-hydrogen) atoms. The van der Waals surface area contributed by atoms with Crippen LogP contribution < -0.4 is 0 Å². The van der Waals surface area contributed by atoms with Crippen molar-refractivity contribution in [1.29, 1.82) is 0 Å². The molecule has 1 N–H and O–H groups in total. The zero-order chi connectivity index (χ0) is 15.6. The van der Waals surface area contributed by atoms with Crippen molar-refractivity contribution in [3.8, 4) is 0 Å². The van der Waals surface area contributed by atoms with Gasteiger partial charge in [-0.3, -0.25) is 14.9 Å². The first kappa shape index (κ1) is 15.4. The van der Waals surface area contributed by atoms with E-state index in [9.17, 15) is 24.4 Å². The quantitative estimate of drug-likeness (QED) is 0.680. The first-order valence-electron chi connectivity index (χ1n) is 7.00. The van der Waals surface area contributed by atoms with Gasteiger partial charge >= 0.3 is 11.7 Å². The number of carbonyl (C=O) groups is 1. The van der Waals surface area contributed by atoms with E-state index in [1.54, 1.807) is 0 Å². The molecular weight excluding hydrogens is 277 g/mol. The van der Waals surface area contributed by atoms with E-state index in [4.69, 9.17) is 0 Å². The van der Waals surface area contributed by atoms with Crippen LogP contribution in [0.2, 0.25) is 0 Å². The molecule has 0 heterocycles. The number of hydrogen-bond acceptors (Lipinski definition) is 3. The number of benzene rings is 1. The predicted octanol–water partition coefficient (Wildman–Crippen LogP) is 3.56. The van der Waals surface area contributed by atoms with Crippen LogP contribution in [0.15, 0.2) is 18.2 Å². The van der Waals surface area contributed by atoms with Crippen LogP contribution in [0.5, 0.6) is 0 Å². The second-order valence-electron chi connectivity index (χ2n) is 6.01. The standard InChI is InChI=1S/C15H18FNO4/c1-10-3-2-6-15(8-10,14(18)19)9-11-4-5-13(17(20)21)12(16)7-11/h4-5,7,10H,2-3,6,8-9H2,1H3,(H,18,19). The minimum atomic E-state index is -0.915. The van der Waals surface area contributed by atoms with Gasteiger partial charge in [-0.1, -0.05) is 25.8 Å². The number of rotatable bonds is 4. The summed E-state index contributed by atoms with van der Waals surface area (Å²) in [4.78, 5) is 21.5. The molecule has 0 spiro atoms. The van der Waals surface area contributed by atoms with Crippen molar-refractivity contribution >= 4 is 11.7 Å². The molecule has 0 aromatic heterocycles. The summed E-state index contributed by atoms with van der Waals surface area (Å²) in [5.41, 5.74) is -0.977. The molecule has 2 unspecified atom stereocenters. The molecule has 1 saturated carbocycles. The monoisotopic (exact) mass is 295 g/mol. The third-order valence-electron chi connectivity index (χ3n) is 4.30. The molecule has 0 aliphatic heterocycles. The van der Waals surface area contributed by atoms with Crippen LogP contribution in [-0.2, 0) is 11.2 Å². The SMILES string of the molecule is CC1CCCC(Cc2ccc([N+](=O)[O-])c(F)c2)(C(=O)O)C1. The number of nitro benzene ring substituents is 1. The molecule has 1 aliphatic rings. The normalized spacial score (nSPS) is 25.5. The number of halogens is 1. The molecule has 1 aliphatic carbocycles. The van der Waals surface area contributed by atoms with Crippen molar-refractivity contribution in [3.63, 3.8) is 0 Å². The first-order valence-corrected chi connectivity index (χ1v) is 7.00. The van der Waals surface area contributed by atoms with Crippen molar-refractivity contribution in [2.75, 3.05) is 0 Å². The summed E-state index contributed by atoms with van der Waals surface area (Å²) >= 11 is 0. The molecule has 2 rings (SSSR count). The first-order chi connectivity index (χ1) is 9.84. The van der Waals surface area contributed by atoms with Gasteiger partial charge < -0.3 is 5.11 Å². The lowest BCUT2D eigenvalue weighted by Gasteiger charge is -2.36. The summed E-state index contributed by atoms with van der Waals surface area (Å²) in [6, 6.07) is 3.64. The maximum Gasteiger partial charge on any atom is 0.309 e. The van der Waals surface area contributed by atoms with Crippen molar-refractivity contribution in [2.24, 2.45) is 11.3 Å². The van der Waals surface area contributed by atoms with Crippen LogP contribution in [-0.4, -0.2) is 16.0 Å². The Morgan fingerprint density at radius 2 is 2.29 bits per heavy atom. The molecule has 1 fully saturated rings. The second-order valence-corrected chi connectivity index (χ2v) is 6.01. The Bertz CT molecular complexity index is 575. The molecular formula is C15H18FNO4. The number of aliphatic carboxylic acids is 1. The Morgan fingerprint density at radius 1 is 1.57 bits per heavy atom. The van der Waals surface area contributed by atoms with E-state index in [2.05, 4.69) is 0 Å². The lowest BCUT2D eigenvalue weighted by molar-refractivity contribution is -0.387. The highest BCUT2D eigenvalue weighted by Gasteiger charge is 2.42. The average Bonchev–Trinajstić information content (AvgIpc) is 2.38. The fourth-order valence-corrected chi connectivity index (χ4v) is 3.29. The zero-order valence-electron chi connectivity index (χ0n) is 11.8. The Labute approximate surface area is 121 Å². The van der Waals surface area contributed by atoms with Crippen LogP contribution in [0.25, 0.3) is 0 Å². The Balaban J connectivity index is 2.27. The van der Waals surface area contributed by atoms with E-state index in [0.29, 0.717) is 24.3 Å². The van der Waals surface area contributed by atoms with Crippen LogP contribution in [0.1, 0.15) is 38.2 Å². The van der Waals surface area contributed by atoms with Gasteiger partial charge in [-0.05, 0) is 36.8 Å². The summed E-state index contributed by atoms with van der Waals surface area (Å²) in [7, 11) is 0. The van der Waals surface area contributed by atoms with Gasteiger partial charge in [0.1, 0.15) is 0 Å². The minimum Gasteiger partial charge on any atom is -0.481 e. The second kappa shape index (κ2) is 5.79. The largest absolute Gasteiger partial charge is 0.481 e. The number of nitro groups is 1. The van der Waals surface area contributed by atoms with E-state index < -0.39 is 27.8 Å². The molecule has 0 amide bonds. The molecule has 0 saturated heterocycles. The van der Waals surface area contributed by atoms with Crippen LogP contribution in [0.3, 0.4) is 0 Å². The highest BCUT2D eigenvalue weighted by molar-refractivity contribution is 5.75. The zero-order valence-corrected chi connectivity index (χ0v) is 11.8. The fraction of sp³-hybridized carbons (Fsp3) is 0.533. The summed E-state index contributed by atoms with van der Waals surface area (Å²) < 4.78 is 13.7. The number of carboxylic acids is 1. The highest BCUT2D eigenvalue weighted by Crippen LogP contribution is 2.42. The van der Waals surface area contributed by atoms with Gasteiger partial charge in [0.05, 0.1) is 10.3 Å². The van der Waals surface area contributed by atoms with Gasteiger partial charge in [0, 0.05) is 6.07 Å². The van der Waals surface area contributed by atoms with Crippen molar-refractivity contribution in [3.05, 3.63) is 39.7 Å². The molecule has 0 bridgehead atoms. The molecule has 2 atom stereocenters. The van der Waals surface area contributed by atoms with Gasteiger partial charge in [0.15, 0.2) is 0 Å². The van der Waals surface area contributed by atoms with E-state index in [-0.39, 0.29) is 6.42 Å². The predicted molar refractivity (Wildman–Crippen MR) is 74.5 cm³/mol. The van der Waals surface area contributed by atoms with Crippen LogP contribution in [0.4, 0.5) is 10.1 Å². The summed E-state index contributed by atoms with van der Waals surface area (Å²) in [5.74, 6) is -1.47. The van der Waals surface area contributed by atoms with E-state index in [1.807, 2.05) is 6.92 Å². The van der Waals surface area contributed by atoms with Crippen LogP contribution >= 0.6 is 0 Å². The van der Waals surface area contributed by atoms with Gasteiger partial charge in [-0.25, -0.2) is 0 Å². The fourth-order valence-electron chi connectivity index (χ4n) is 3.29.